The second-order valence-electron chi connectivity index (χ2n) is 7.71. The highest BCUT2D eigenvalue weighted by atomic mass is 32.2. The fourth-order valence-electron chi connectivity index (χ4n) is 3.64. The van der Waals surface area contributed by atoms with Gasteiger partial charge in [0.1, 0.15) is 0 Å². The van der Waals surface area contributed by atoms with Crippen LogP contribution in [-0.4, -0.2) is 47.2 Å². The molecular weight excluding hydrogens is 473 g/mol. The fourth-order valence-corrected chi connectivity index (χ4v) is 4.40. The van der Waals surface area contributed by atoms with Crippen LogP contribution in [0.25, 0.3) is 16.6 Å². The van der Waals surface area contributed by atoms with Crippen LogP contribution >= 0.6 is 0 Å². The summed E-state index contributed by atoms with van der Waals surface area (Å²) in [6.45, 7) is 0.0931. The van der Waals surface area contributed by atoms with E-state index in [-0.39, 0.29) is 12.2 Å². The molecule has 0 saturated carbocycles. The van der Waals surface area contributed by atoms with Crippen LogP contribution in [0.4, 0.5) is 18.9 Å². The summed E-state index contributed by atoms with van der Waals surface area (Å²) in [6, 6.07) is 10.9. The van der Waals surface area contributed by atoms with Gasteiger partial charge < -0.3 is 10.0 Å². The van der Waals surface area contributed by atoms with E-state index in [4.69, 9.17) is 0 Å². The summed E-state index contributed by atoms with van der Waals surface area (Å²) in [5.41, 5.74) is -3.70. The Morgan fingerprint density at radius 1 is 1.06 bits per heavy atom. The van der Waals surface area contributed by atoms with Crippen molar-refractivity contribution in [3.63, 3.8) is 0 Å². The van der Waals surface area contributed by atoms with E-state index >= 15 is 0 Å². The van der Waals surface area contributed by atoms with E-state index in [2.05, 4.69) is 4.98 Å². The predicted octanol–water partition coefficient (Wildman–Crippen LogP) is 3.30. The number of pyridine rings is 1. The van der Waals surface area contributed by atoms with Crippen LogP contribution < -0.4 is 10.6 Å². The van der Waals surface area contributed by atoms with Gasteiger partial charge in [-0.25, -0.2) is 17.8 Å². The molecule has 2 aromatic heterocycles. The van der Waals surface area contributed by atoms with Crippen molar-refractivity contribution in [3.8, 4) is 11.6 Å². The molecule has 2 heterocycles. The van der Waals surface area contributed by atoms with E-state index in [0.29, 0.717) is 0 Å². The van der Waals surface area contributed by atoms with Gasteiger partial charge in [-0.1, -0.05) is 12.1 Å². The van der Waals surface area contributed by atoms with E-state index in [1.807, 2.05) is 37.2 Å². The average Bonchev–Trinajstić information content (AvgIpc) is 3.05. The first-order valence-electron chi connectivity index (χ1n) is 9.88. The smallest absolute Gasteiger partial charge is 0.493 e. The number of imidazole rings is 1. The lowest BCUT2D eigenvalue weighted by atomic mass is 10.1. The Morgan fingerprint density at radius 2 is 1.74 bits per heavy atom. The Balaban J connectivity index is 1.73. The zero-order valence-corrected chi connectivity index (χ0v) is 18.8. The molecule has 4 rings (SSSR count). The summed E-state index contributed by atoms with van der Waals surface area (Å²) in [6.07, 6.45) is 2.82. The lowest BCUT2D eigenvalue weighted by molar-refractivity contribution is -0.0436. The number of aromatic nitrogens is 3. The van der Waals surface area contributed by atoms with E-state index in [9.17, 15) is 31.5 Å². The van der Waals surface area contributed by atoms with E-state index in [0.717, 1.165) is 51.0 Å². The number of aromatic hydroxyl groups is 1. The number of hydrogen-bond acceptors (Lipinski definition) is 6. The van der Waals surface area contributed by atoms with Crippen molar-refractivity contribution in [1.29, 1.82) is 0 Å². The predicted molar refractivity (Wildman–Crippen MR) is 120 cm³/mol. The number of sulfone groups is 1. The van der Waals surface area contributed by atoms with Gasteiger partial charge in [0, 0.05) is 25.7 Å². The number of rotatable bonds is 5. The molecule has 8 nitrogen and oxygen atoms in total. The highest BCUT2D eigenvalue weighted by Gasteiger charge is 2.46. The monoisotopic (exact) mass is 492 g/mol. The Bertz CT molecular complexity index is 1540. The number of para-hydroxylation sites is 1. The Hall–Kier alpha value is -3.80. The quantitative estimate of drug-likeness (QED) is 0.459. The molecule has 2 aromatic carbocycles. The molecular formula is C22H19F3N4O4S. The summed E-state index contributed by atoms with van der Waals surface area (Å²) in [5, 5.41) is 11.2. The molecule has 0 aliphatic heterocycles. The van der Waals surface area contributed by atoms with Gasteiger partial charge in [-0.05, 0) is 42.0 Å². The van der Waals surface area contributed by atoms with E-state index in [1.54, 1.807) is 12.3 Å². The lowest BCUT2D eigenvalue weighted by Gasteiger charge is -2.16. The van der Waals surface area contributed by atoms with Crippen molar-refractivity contribution >= 4 is 26.4 Å². The second kappa shape index (κ2) is 8.20. The molecule has 0 radical (unpaired) electrons. The number of alkyl halides is 3. The molecule has 0 fully saturated rings. The van der Waals surface area contributed by atoms with E-state index < -0.39 is 31.8 Å². The van der Waals surface area contributed by atoms with Gasteiger partial charge in [-0.2, -0.15) is 13.2 Å². The van der Waals surface area contributed by atoms with Crippen molar-refractivity contribution in [2.45, 2.75) is 16.9 Å². The molecule has 0 aliphatic carbocycles. The van der Waals surface area contributed by atoms with Crippen LogP contribution in [0.1, 0.15) is 5.56 Å². The van der Waals surface area contributed by atoms with Crippen molar-refractivity contribution in [2.75, 3.05) is 19.0 Å². The van der Waals surface area contributed by atoms with E-state index in [1.165, 1.54) is 10.8 Å². The van der Waals surface area contributed by atoms with Gasteiger partial charge in [0.05, 0.1) is 34.5 Å². The van der Waals surface area contributed by atoms with Crippen molar-refractivity contribution in [3.05, 3.63) is 77.0 Å². The maximum Gasteiger partial charge on any atom is 0.501 e. The summed E-state index contributed by atoms with van der Waals surface area (Å²) in [5.74, 6) is -0.455. The maximum absolute atomic E-state index is 13.0. The molecule has 4 aromatic rings. The first-order chi connectivity index (χ1) is 15.9. The molecule has 0 saturated heterocycles. The third-order valence-electron chi connectivity index (χ3n) is 5.31. The summed E-state index contributed by atoms with van der Waals surface area (Å²) in [4.78, 5) is 18.4. The van der Waals surface area contributed by atoms with Crippen LogP contribution in [-0.2, 0) is 16.4 Å². The van der Waals surface area contributed by atoms with Gasteiger partial charge in [-0.3, -0.25) is 9.55 Å². The van der Waals surface area contributed by atoms with Gasteiger partial charge in [0.15, 0.2) is 0 Å². The SMILES string of the molecule is CN(C)c1cccc2c(Cn3cc(O)n(-c4ccc(S(=O)(=O)C(F)(F)F)cc4)c3=O)ccnc12. The molecule has 12 heteroatoms. The number of anilines is 1. The Morgan fingerprint density at radius 3 is 2.35 bits per heavy atom. The molecule has 178 valence electrons. The minimum absolute atomic E-state index is 0.0110. The average molecular weight is 492 g/mol. The molecule has 0 aliphatic rings. The summed E-state index contributed by atoms with van der Waals surface area (Å²) < 4.78 is 63.5. The minimum Gasteiger partial charge on any atom is -0.493 e. The number of halogens is 3. The normalized spacial score (nSPS) is 12.3. The fraction of sp³-hybridized carbons (Fsp3) is 0.182. The Labute approximate surface area is 192 Å². The molecule has 0 amide bonds. The van der Waals surface area contributed by atoms with Gasteiger partial charge >= 0.3 is 11.2 Å². The molecule has 0 spiro atoms. The third kappa shape index (κ3) is 3.89. The van der Waals surface area contributed by atoms with Gasteiger partial charge in [0.2, 0.25) is 5.88 Å². The number of benzene rings is 2. The van der Waals surface area contributed by atoms with Crippen LogP contribution in [0.2, 0.25) is 0 Å². The maximum atomic E-state index is 13.0. The second-order valence-corrected chi connectivity index (χ2v) is 9.66. The standard InChI is InChI=1S/C22H19F3N4O4S/c1-27(2)18-5-3-4-17-14(10-11-26-20(17)18)12-28-13-19(30)29(21(28)31)15-6-8-16(9-7-15)34(32,33)22(23,24)25/h3-11,13,30H,12H2,1-2H3. The van der Waals surface area contributed by atoms with Crippen molar-refractivity contribution < 1.29 is 26.7 Å². The molecule has 34 heavy (non-hydrogen) atoms. The number of fused-ring (bicyclic) bond motifs is 1. The van der Waals surface area contributed by atoms with Crippen molar-refractivity contribution in [1.82, 2.24) is 14.1 Å². The number of hydrogen-bond donors (Lipinski definition) is 1. The minimum atomic E-state index is -5.53. The highest BCUT2D eigenvalue weighted by molar-refractivity contribution is 7.92. The molecule has 0 atom stereocenters. The molecule has 1 N–H and O–H groups in total. The first-order valence-corrected chi connectivity index (χ1v) is 11.4. The largest absolute Gasteiger partial charge is 0.501 e. The third-order valence-corrected chi connectivity index (χ3v) is 6.81. The highest BCUT2D eigenvalue weighted by Crippen LogP contribution is 2.31. The van der Waals surface area contributed by atoms with Crippen LogP contribution in [0.5, 0.6) is 5.88 Å². The molecule has 0 bridgehead atoms. The van der Waals surface area contributed by atoms with Crippen LogP contribution in [0, 0.1) is 0 Å². The molecule has 0 unspecified atom stereocenters. The van der Waals surface area contributed by atoms with Crippen LogP contribution in [0.15, 0.2) is 70.6 Å². The summed E-state index contributed by atoms with van der Waals surface area (Å²) in [7, 11) is -1.75. The first kappa shape index (κ1) is 23.4. The lowest BCUT2D eigenvalue weighted by Crippen LogP contribution is -2.24. The Kier molecular flexibility index (Phi) is 5.64. The topological polar surface area (TPSA) is 97.4 Å². The zero-order chi connectivity index (χ0) is 24.8. The van der Waals surface area contributed by atoms with Crippen LogP contribution in [0.3, 0.4) is 0 Å². The number of nitrogens with zero attached hydrogens (tertiary/aromatic N) is 4. The zero-order valence-electron chi connectivity index (χ0n) is 18.0. The van der Waals surface area contributed by atoms with Gasteiger partial charge in [0.25, 0.3) is 9.84 Å². The summed E-state index contributed by atoms with van der Waals surface area (Å²) >= 11 is 0. The van der Waals surface area contributed by atoms with Crippen molar-refractivity contribution in [2.24, 2.45) is 0 Å². The van der Waals surface area contributed by atoms with Gasteiger partial charge in [-0.15, -0.1) is 0 Å².